The molecule has 0 spiro atoms. The van der Waals surface area contributed by atoms with Crippen LogP contribution in [0.2, 0.25) is 0 Å². The second-order valence-electron chi connectivity index (χ2n) is 7.82. The van der Waals surface area contributed by atoms with Crippen molar-refractivity contribution in [1.29, 1.82) is 0 Å². The van der Waals surface area contributed by atoms with Gasteiger partial charge in [-0.2, -0.15) is 0 Å². The van der Waals surface area contributed by atoms with Gasteiger partial charge in [-0.25, -0.2) is 9.59 Å². The van der Waals surface area contributed by atoms with E-state index in [1.807, 2.05) is 19.2 Å². The van der Waals surface area contributed by atoms with Crippen molar-refractivity contribution in [2.24, 2.45) is 0 Å². The number of hydrogen-bond acceptors (Lipinski definition) is 5. The molecular weight excluding hydrogens is 457 g/mol. The first-order valence-corrected chi connectivity index (χ1v) is 9.97. The summed E-state index contributed by atoms with van der Waals surface area (Å²) in [5.74, 6) is -2.22. The van der Waals surface area contributed by atoms with Crippen molar-refractivity contribution >= 4 is 29.6 Å². The van der Waals surface area contributed by atoms with Crippen molar-refractivity contribution in [1.82, 2.24) is 15.5 Å². The molecule has 0 saturated carbocycles. The zero-order chi connectivity index (χ0) is 25.3. The smallest absolute Gasteiger partial charge is 0.406 e. The third-order valence-electron chi connectivity index (χ3n) is 5.26. The van der Waals surface area contributed by atoms with Gasteiger partial charge in [-0.15, -0.1) is 13.2 Å². The van der Waals surface area contributed by atoms with Crippen LogP contribution in [0, 0.1) is 13.8 Å². The lowest BCUT2D eigenvalue weighted by Crippen LogP contribution is -2.45. The van der Waals surface area contributed by atoms with E-state index in [4.69, 9.17) is 0 Å². The Labute approximate surface area is 192 Å². The summed E-state index contributed by atoms with van der Waals surface area (Å²) >= 11 is 0. The Balaban J connectivity index is 1.64. The van der Waals surface area contributed by atoms with Crippen LogP contribution in [0.3, 0.4) is 0 Å². The van der Waals surface area contributed by atoms with Crippen LogP contribution in [-0.4, -0.2) is 41.7 Å². The molecule has 3 N–H and O–H groups in total. The predicted octanol–water partition coefficient (Wildman–Crippen LogP) is 3.32. The lowest BCUT2D eigenvalue weighted by molar-refractivity contribution is -0.274. The van der Waals surface area contributed by atoms with Gasteiger partial charge in [-0.3, -0.25) is 19.8 Å². The van der Waals surface area contributed by atoms with Gasteiger partial charge < -0.3 is 15.4 Å². The lowest BCUT2D eigenvalue weighted by Gasteiger charge is -2.22. The third-order valence-corrected chi connectivity index (χ3v) is 5.26. The Morgan fingerprint density at radius 3 is 2.29 bits per heavy atom. The molecule has 1 aliphatic heterocycles. The van der Waals surface area contributed by atoms with Crippen LogP contribution < -0.4 is 20.7 Å². The fourth-order valence-electron chi connectivity index (χ4n) is 3.32. The van der Waals surface area contributed by atoms with Crippen molar-refractivity contribution in [3.63, 3.8) is 0 Å². The van der Waals surface area contributed by atoms with Gasteiger partial charge in [0.25, 0.3) is 5.91 Å². The van der Waals surface area contributed by atoms with Gasteiger partial charge in [0.1, 0.15) is 17.8 Å². The van der Waals surface area contributed by atoms with E-state index in [1.165, 1.54) is 19.1 Å². The summed E-state index contributed by atoms with van der Waals surface area (Å²) in [6, 6.07) is 7.81. The van der Waals surface area contributed by atoms with Crippen LogP contribution in [0.1, 0.15) is 23.6 Å². The molecule has 1 heterocycles. The van der Waals surface area contributed by atoms with E-state index in [0.29, 0.717) is 10.6 Å². The first-order valence-electron chi connectivity index (χ1n) is 9.97. The van der Waals surface area contributed by atoms with Crippen molar-refractivity contribution in [2.75, 3.05) is 11.9 Å². The van der Waals surface area contributed by atoms with E-state index in [0.717, 1.165) is 23.3 Å². The molecular formula is C22H21F3N4O5. The number of aryl methyl sites for hydroxylation is 2. The van der Waals surface area contributed by atoms with Gasteiger partial charge in [0.05, 0.1) is 0 Å². The number of anilines is 1. The molecule has 3 rings (SSSR count). The molecule has 1 unspecified atom stereocenters. The minimum atomic E-state index is -4.88. The summed E-state index contributed by atoms with van der Waals surface area (Å²) in [4.78, 5) is 50.2. The molecule has 180 valence electrons. The molecule has 0 aliphatic carbocycles. The predicted molar refractivity (Wildman–Crippen MR) is 114 cm³/mol. The number of ether oxygens (including phenoxy) is 1. The van der Waals surface area contributed by atoms with Gasteiger partial charge >= 0.3 is 18.4 Å². The first-order chi connectivity index (χ1) is 15.8. The number of nitrogens with zero attached hydrogens (tertiary/aromatic N) is 1. The molecule has 6 amide bonds. The zero-order valence-corrected chi connectivity index (χ0v) is 18.4. The average Bonchev–Trinajstić information content (AvgIpc) is 2.94. The lowest BCUT2D eigenvalue weighted by atomic mass is 9.92. The molecule has 1 fully saturated rings. The van der Waals surface area contributed by atoms with Crippen LogP contribution in [0.4, 0.5) is 28.4 Å². The molecule has 12 heteroatoms. The largest absolute Gasteiger partial charge is 0.573 e. The number of hydrogen-bond donors (Lipinski definition) is 3. The highest BCUT2D eigenvalue weighted by molar-refractivity contribution is 6.10. The molecule has 1 aliphatic rings. The third kappa shape index (κ3) is 5.45. The Hall–Kier alpha value is -4.09. The van der Waals surface area contributed by atoms with Crippen LogP contribution in [-0.2, 0) is 15.1 Å². The van der Waals surface area contributed by atoms with Crippen LogP contribution in [0.25, 0.3) is 0 Å². The fourth-order valence-corrected chi connectivity index (χ4v) is 3.32. The molecule has 0 aromatic heterocycles. The van der Waals surface area contributed by atoms with E-state index < -0.39 is 48.1 Å². The number of carbonyl (C=O) groups excluding carboxylic acids is 4. The maximum Gasteiger partial charge on any atom is 0.573 e. The zero-order valence-electron chi connectivity index (χ0n) is 18.4. The number of imide groups is 2. The highest BCUT2D eigenvalue weighted by Crippen LogP contribution is 2.31. The SMILES string of the molecule is Cc1ccc(NC(=O)NC(=O)CN2C(=O)NC(C)(c3ccc(OC(F)(F)F)cc3)C2=O)cc1C. The van der Waals surface area contributed by atoms with Gasteiger partial charge in [0.2, 0.25) is 5.91 Å². The minimum absolute atomic E-state index is 0.177. The average molecular weight is 478 g/mol. The molecule has 0 radical (unpaired) electrons. The second kappa shape index (κ2) is 9.04. The number of urea groups is 2. The standard InChI is InChI=1S/C22H21F3N4O5/c1-12-4-7-15(10-13(12)2)26-19(32)27-17(30)11-29-18(31)21(3,28-20(29)33)14-5-8-16(9-6-14)34-22(23,24)25/h4-10H,11H2,1-3H3,(H,28,33)(H2,26,27,30,32). The maximum atomic E-state index is 12.9. The summed E-state index contributed by atoms with van der Waals surface area (Å²) in [7, 11) is 0. The Bertz CT molecular complexity index is 1150. The van der Waals surface area contributed by atoms with Crippen molar-refractivity contribution in [2.45, 2.75) is 32.7 Å². The summed E-state index contributed by atoms with van der Waals surface area (Å²) in [6.07, 6.45) is -4.88. The topological polar surface area (TPSA) is 117 Å². The highest BCUT2D eigenvalue weighted by atomic mass is 19.4. The summed E-state index contributed by atoms with van der Waals surface area (Å²) in [5.41, 5.74) is 0.951. The molecule has 9 nitrogen and oxygen atoms in total. The van der Waals surface area contributed by atoms with Crippen LogP contribution in [0.5, 0.6) is 5.75 Å². The molecule has 0 bridgehead atoms. The normalized spacial score (nSPS) is 17.9. The van der Waals surface area contributed by atoms with Gasteiger partial charge in [-0.05, 0) is 61.7 Å². The number of alkyl halides is 3. The molecule has 1 saturated heterocycles. The van der Waals surface area contributed by atoms with E-state index in [9.17, 15) is 32.3 Å². The molecule has 1 atom stereocenters. The van der Waals surface area contributed by atoms with Crippen molar-refractivity contribution < 1.29 is 37.1 Å². The summed E-state index contributed by atoms with van der Waals surface area (Å²) in [6.45, 7) is 4.36. The first kappa shape index (κ1) is 24.6. The number of carbonyl (C=O) groups is 4. The van der Waals surface area contributed by atoms with Crippen molar-refractivity contribution in [3.8, 4) is 5.75 Å². The Morgan fingerprint density at radius 1 is 1.06 bits per heavy atom. The fraction of sp³-hybridized carbons (Fsp3) is 0.273. The maximum absolute atomic E-state index is 12.9. The quantitative estimate of drug-likeness (QED) is 0.570. The highest BCUT2D eigenvalue weighted by Gasteiger charge is 2.49. The van der Waals surface area contributed by atoms with E-state index >= 15 is 0 Å². The monoisotopic (exact) mass is 478 g/mol. The Morgan fingerprint density at radius 2 is 1.71 bits per heavy atom. The minimum Gasteiger partial charge on any atom is -0.406 e. The van der Waals surface area contributed by atoms with Crippen LogP contribution >= 0.6 is 0 Å². The van der Waals surface area contributed by atoms with Crippen molar-refractivity contribution in [3.05, 3.63) is 59.2 Å². The summed E-state index contributed by atoms with van der Waals surface area (Å²) in [5, 5.41) is 6.94. The summed E-state index contributed by atoms with van der Waals surface area (Å²) < 4.78 is 40.8. The Kier molecular flexibility index (Phi) is 6.53. The second-order valence-corrected chi connectivity index (χ2v) is 7.82. The van der Waals surface area contributed by atoms with Gasteiger partial charge in [0, 0.05) is 5.69 Å². The number of benzene rings is 2. The van der Waals surface area contributed by atoms with Gasteiger partial charge in [-0.1, -0.05) is 18.2 Å². The number of amides is 6. The number of rotatable bonds is 5. The number of nitrogens with one attached hydrogen (secondary N) is 3. The molecule has 2 aromatic carbocycles. The van der Waals surface area contributed by atoms with E-state index in [-0.39, 0.29) is 5.56 Å². The number of halogens is 3. The van der Waals surface area contributed by atoms with Crippen LogP contribution in [0.15, 0.2) is 42.5 Å². The van der Waals surface area contributed by atoms with E-state index in [2.05, 4.69) is 15.4 Å². The van der Waals surface area contributed by atoms with Gasteiger partial charge in [0.15, 0.2) is 0 Å². The molecule has 34 heavy (non-hydrogen) atoms. The van der Waals surface area contributed by atoms with E-state index in [1.54, 1.807) is 18.2 Å². The molecule has 2 aromatic rings.